The molecule has 3 N–H and O–H groups in total. The summed E-state index contributed by atoms with van der Waals surface area (Å²) in [4.78, 5) is 12.1. The molecule has 22 heavy (non-hydrogen) atoms. The quantitative estimate of drug-likeness (QED) is 0.776. The van der Waals surface area contributed by atoms with Crippen molar-refractivity contribution in [3.8, 4) is 0 Å². The second-order valence-corrected chi connectivity index (χ2v) is 7.61. The number of sulfonamides is 1. The molecule has 1 heterocycles. The van der Waals surface area contributed by atoms with Gasteiger partial charge in [-0.15, -0.1) is 0 Å². The van der Waals surface area contributed by atoms with E-state index in [-0.39, 0.29) is 5.92 Å². The third kappa shape index (κ3) is 3.00. The molecule has 1 aromatic rings. The normalized spacial score (nSPS) is 21.7. The lowest BCUT2D eigenvalue weighted by Crippen LogP contribution is -2.43. The minimum absolute atomic E-state index is 0.305. The molecule has 0 spiro atoms. The number of aliphatic hydroxyl groups is 1. The minimum Gasteiger partial charge on any atom is -0.375 e. The second-order valence-electron chi connectivity index (χ2n) is 5.86. The first-order chi connectivity index (χ1) is 10.0. The Morgan fingerprint density at radius 1 is 1.32 bits per heavy atom. The van der Waals surface area contributed by atoms with Gasteiger partial charge in [0.2, 0.25) is 10.0 Å². The molecule has 120 valence electrons. The Bertz CT molecular complexity index is 753. The molecule has 6 nitrogen and oxygen atoms in total. The summed E-state index contributed by atoms with van der Waals surface area (Å²) in [5.74, 6) is -0.814. The van der Waals surface area contributed by atoms with Crippen molar-refractivity contribution in [2.24, 2.45) is 5.92 Å². The van der Waals surface area contributed by atoms with Gasteiger partial charge in [-0.1, -0.05) is 32.0 Å². The van der Waals surface area contributed by atoms with Crippen molar-refractivity contribution in [3.05, 3.63) is 35.4 Å². The van der Waals surface area contributed by atoms with Crippen LogP contribution in [0, 0.1) is 12.8 Å². The Kier molecular flexibility index (Phi) is 4.06. The monoisotopic (exact) mass is 324 g/mol. The number of para-hydroxylation sites is 1. The van der Waals surface area contributed by atoms with Crippen LogP contribution in [-0.4, -0.2) is 31.3 Å². The summed E-state index contributed by atoms with van der Waals surface area (Å²) >= 11 is 0. The summed E-state index contributed by atoms with van der Waals surface area (Å²) in [6.45, 7) is 5.25. The maximum atomic E-state index is 12.1. The number of benzene rings is 1. The first-order valence-electron chi connectivity index (χ1n) is 6.89. The minimum atomic E-state index is -3.46. The van der Waals surface area contributed by atoms with Crippen LogP contribution in [0.3, 0.4) is 0 Å². The molecule has 0 saturated carbocycles. The molecule has 0 bridgehead atoms. The standard InChI is InChI=1S/C15H20N2O4S/c1-9(2)15(19)8-12(16-14(15)18)11-7-5-6-10(3)13(11)17-22(4,20)21/h5-9,17,19H,1-4H3,(H,16,18)/t15-/m1/s1. The summed E-state index contributed by atoms with van der Waals surface area (Å²) in [6, 6.07) is 5.22. The van der Waals surface area contributed by atoms with E-state index in [2.05, 4.69) is 10.0 Å². The van der Waals surface area contributed by atoms with E-state index in [0.717, 1.165) is 11.8 Å². The zero-order valence-electron chi connectivity index (χ0n) is 13.0. The summed E-state index contributed by atoms with van der Waals surface area (Å²) < 4.78 is 25.6. The molecule has 0 fully saturated rings. The van der Waals surface area contributed by atoms with Crippen LogP contribution < -0.4 is 10.0 Å². The summed E-state index contributed by atoms with van der Waals surface area (Å²) in [7, 11) is -3.46. The average molecular weight is 324 g/mol. The Balaban J connectivity index is 2.55. The first kappa shape index (κ1) is 16.5. The van der Waals surface area contributed by atoms with Gasteiger partial charge in [0.05, 0.1) is 11.9 Å². The zero-order chi connectivity index (χ0) is 16.7. The van der Waals surface area contributed by atoms with E-state index in [9.17, 15) is 18.3 Å². The van der Waals surface area contributed by atoms with Gasteiger partial charge in [-0.2, -0.15) is 0 Å². The lowest BCUT2D eigenvalue weighted by molar-refractivity contribution is -0.135. The molecule has 1 aromatic carbocycles. The number of carbonyl (C=O) groups is 1. The topological polar surface area (TPSA) is 95.5 Å². The third-order valence-electron chi connectivity index (χ3n) is 3.71. The third-order valence-corrected chi connectivity index (χ3v) is 4.28. The van der Waals surface area contributed by atoms with E-state index in [1.165, 1.54) is 6.08 Å². The van der Waals surface area contributed by atoms with Gasteiger partial charge in [-0.25, -0.2) is 8.42 Å². The molecule has 1 amide bonds. The number of amides is 1. The molecule has 0 saturated heterocycles. The fraction of sp³-hybridized carbons (Fsp3) is 0.400. The van der Waals surface area contributed by atoms with Gasteiger partial charge in [0.15, 0.2) is 5.60 Å². The van der Waals surface area contributed by atoms with Crippen molar-refractivity contribution in [2.75, 3.05) is 11.0 Å². The van der Waals surface area contributed by atoms with E-state index in [1.807, 2.05) is 0 Å². The summed E-state index contributed by atoms with van der Waals surface area (Å²) in [5, 5.41) is 13.1. The Labute approximate surface area is 130 Å². The predicted octanol–water partition coefficient (Wildman–Crippen LogP) is 1.22. The van der Waals surface area contributed by atoms with Crippen LogP contribution in [0.4, 0.5) is 5.69 Å². The number of anilines is 1. The van der Waals surface area contributed by atoms with Crippen molar-refractivity contribution in [2.45, 2.75) is 26.4 Å². The molecular formula is C15H20N2O4S. The highest BCUT2D eigenvalue weighted by atomic mass is 32.2. The van der Waals surface area contributed by atoms with Crippen LogP contribution in [0.2, 0.25) is 0 Å². The van der Waals surface area contributed by atoms with Gasteiger partial charge in [-0.3, -0.25) is 9.52 Å². The number of carbonyl (C=O) groups excluding carboxylic acids is 1. The van der Waals surface area contributed by atoms with Gasteiger partial charge in [0.1, 0.15) is 0 Å². The van der Waals surface area contributed by atoms with Crippen molar-refractivity contribution in [3.63, 3.8) is 0 Å². The Morgan fingerprint density at radius 2 is 1.95 bits per heavy atom. The lowest BCUT2D eigenvalue weighted by Gasteiger charge is -2.21. The van der Waals surface area contributed by atoms with Crippen LogP contribution in [0.15, 0.2) is 24.3 Å². The number of hydrogen-bond acceptors (Lipinski definition) is 4. The average Bonchev–Trinajstić information content (AvgIpc) is 2.68. The van der Waals surface area contributed by atoms with Crippen molar-refractivity contribution >= 4 is 27.3 Å². The van der Waals surface area contributed by atoms with Crippen LogP contribution in [0.1, 0.15) is 25.0 Å². The van der Waals surface area contributed by atoms with E-state index < -0.39 is 21.5 Å². The van der Waals surface area contributed by atoms with Crippen molar-refractivity contribution < 1.29 is 18.3 Å². The number of aryl methyl sites for hydroxylation is 1. The van der Waals surface area contributed by atoms with Crippen LogP contribution >= 0.6 is 0 Å². The van der Waals surface area contributed by atoms with E-state index in [0.29, 0.717) is 16.9 Å². The van der Waals surface area contributed by atoms with Gasteiger partial charge in [0, 0.05) is 11.3 Å². The first-order valence-corrected chi connectivity index (χ1v) is 8.78. The van der Waals surface area contributed by atoms with E-state index in [4.69, 9.17) is 0 Å². The predicted molar refractivity (Wildman–Crippen MR) is 85.6 cm³/mol. The van der Waals surface area contributed by atoms with E-state index >= 15 is 0 Å². The van der Waals surface area contributed by atoms with Crippen molar-refractivity contribution in [1.82, 2.24) is 5.32 Å². The van der Waals surface area contributed by atoms with E-state index in [1.54, 1.807) is 39.0 Å². The SMILES string of the molecule is Cc1cccc(C2=C[C@@](O)(C(C)C)C(=O)N2)c1NS(C)(=O)=O. The molecule has 7 heteroatoms. The number of hydrogen-bond donors (Lipinski definition) is 3. The molecule has 2 rings (SSSR count). The molecular weight excluding hydrogens is 304 g/mol. The van der Waals surface area contributed by atoms with Gasteiger partial charge < -0.3 is 10.4 Å². The summed E-state index contributed by atoms with van der Waals surface area (Å²) in [6.07, 6.45) is 2.51. The van der Waals surface area contributed by atoms with Crippen LogP contribution in [-0.2, 0) is 14.8 Å². The maximum Gasteiger partial charge on any atom is 0.260 e. The highest BCUT2D eigenvalue weighted by Gasteiger charge is 2.43. The molecule has 0 unspecified atom stereocenters. The maximum absolute atomic E-state index is 12.1. The van der Waals surface area contributed by atoms with Gasteiger partial charge in [0.25, 0.3) is 5.91 Å². The number of nitrogens with one attached hydrogen (secondary N) is 2. The molecule has 1 atom stereocenters. The molecule has 0 aliphatic carbocycles. The molecule has 0 radical (unpaired) electrons. The lowest BCUT2D eigenvalue weighted by atomic mass is 9.90. The van der Waals surface area contributed by atoms with Crippen molar-refractivity contribution in [1.29, 1.82) is 0 Å². The molecule has 0 aromatic heterocycles. The zero-order valence-corrected chi connectivity index (χ0v) is 13.8. The smallest absolute Gasteiger partial charge is 0.260 e. The van der Waals surface area contributed by atoms with Gasteiger partial charge in [-0.05, 0) is 24.5 Å². The molecule has 1 aliphatic heterocycles. The Morgan fingerprint density at radius 3 is 2.45 bits per heavy atom. The van der Waals surface area contributed by atoms with Crippen LogP contribution in [0.5, 0.6) is 0 Å². The summed E-state index contributed by atoms with van der Waals surface area (Å²) in [5.41, 5.74) is 0.440. The van der Waals surface area contributed by atoms with Crippen LogP contribution in [0.25, 0.3) is 5.70 Å². The largest absolute Gasteiger partial charge is 0.375 e. The molecule has 1 aliphatic rings. The second kappa shape index (κ2) is 5.40. The Hall–Kier alpha value is -1.86. The fourth-order valence-electron chi connectivity index (χ4n) is 2.33. The highest BCUT2D eigenvalue weighted by molar-refractivity contribution is 7.92. The van der Waals surface area contributed by atoms with Gasteiger partial charge >= 0.3 is 0 Å². The fourth-order valence-corrected chi connectivity index (χ4v) is 2.97. The number of rotatable bonds is 4. The highest BCUT2D eigenvalue weighted by Crippen LogP contribution is 2.34.